The van der Waals surface area contributed by atoms with Gasteiger partial charge < -0.3 is 10.5 Å². The van der Waals surface area contributed by atoms with Crippen LogP contribution in [0.25, 0.3) is 11.4 Å². The minimum Gasteiger partial charge on any atom is -0.410 e. The Morgan fingerprint density at radius 1 is 1.12 bits per heavy atom. The number of ether oxygens (including phenoxy) is 1. The molecule has 0 saturated carbocycles. The van der Waals surface area contributed by atoms with Crippen LogP contribution in [0.15, 0.2) is 65.7 Å². The summed E-state index contributed by atoms with van der Waals surface area (Å²) in [5, 5.41) is 2.64. The molecule has 132 valence electrons. The number of carbonyl (C=O) groups is 1. The van der Waals surface area contributed by atoms with E-state index in [9.17, 15) is 9.00 Å². The van der Waals surface area contributed by atoms with E-state index in [1.54, 1.807) is 48.5 Å². The summed E-state index contributed by atoms with van der Waals surface area (Å²) in [6.45, 7) is 0. The van der Waals surface area contributed by atoms with Gasteiger partial charge in [0.15, 0.2) is 5.82 Å². The fourth-order valence-electron chi connectivity index (χ4n) is 2.19. The number of nitrogens with one attached hydrogen (secondary N) is 1. The predicted molar refractivity (Wildman–Crippen MR) is 100 cm³/mol. The van der Waals surface area contributed by atoms with Crippen LogP contribution in [-0.4, -0.2) is 26.5 Å². The highest BCUT2D eigenvalue weighted by Gasteiger charge is 2.10. The van der Waals surface area contributed by atoms with Crippen molar-refractivity contribution in [2.75, 3.05) is 17.3 Å². The van der Waals surface area contributed by atoms with E-state index in [0.717, 1.165) is 0 Å². The summed E-state index contributed by atoms with van der Waals surface area (Å²) in [5.74, 6) is 1.05. The van der Waals surface area contributed by atoms with Gasteiger partial charge in [-0.25, -0.2) is 14.8 Å². The molecule has 7 nitrogen and oxygen atoms in total. The van der Waals surface area contributed by atoms with Crippen LogP contribution in [0.1, 0.15) is 0 Å². The van der Waals surface area contributed by atoms with Crippen LogP contribution in [0, 0.1) is 0 Å². The lowest BCUT2D eigenvalue weighted by Crippen LogP contribution is -2.16. The lowest BCUT2D eigenvalue weighted by Gasteiger charge is -2.08. The van der Waals surface area contributed by atoms with Crippen LogP contribution in [0.3, 0.4) is 0 Å². The van der Waals surface area contributed by atoms with Crippen molar-refractivity contribution in [2.24, 2.45) is 0 Å². The third-order valence-electron chi connectivity index (χ3n) is 3.44. The van der Waals surface area contributed by atoms with Crippen LogP contribution in [0.4, 0.5) is 16.3 Å². The molecule has 0 radical (unpaired) electrons. The van der Waals surface area contributed by atoms with E-state index in [1.165, 1.54) is 12.5 Å². The minimum absolute atomic E-state index is 0.185. The summed E-state index contributed by atoms with van der Waals surface area (Å²) in [4.78, 5) is 20.6. The maximum absolute atomic E-state index is 11.9. The highest BCUT2D eigenvalue weighted by molar-refractivity contribution is 7.84. The van der Waals surface area contributed by atoms with Crippen molar-refractivity contribution in [3.63, 3.8) is 0 Å². The van der Waals surface area contributed by atoms with Crippen molar-refractivity contribution in [3.05, 3.63) is 60.8 Å². The average molecular weight is 368 g/mol. The first-order valence-corrected chi connectivity index (χ1v) is 9.19. The molecule has 0 aliphatic heterocycles. The maximum Gasteiger partial charge on any atom is 0.417 e. The number of benzene rings is 2. The van der Waals surface area contributed by atoms with Gasteiger partial charge in [0.2, 0.25) is 0 Å². The molecule has 1 aromatic heterocycles. The summed E-state index contributed by atoms with van der Waals surface area (Å²) < 4.78 is 16.7. The van der Waals surface area contributed by atoms with Gasteiger partial charge in [-0.1, -0.05) is 18.2 Å². The number of rotatable bonds is 4. The van der Waals surface area contributed by atoms with Gasteiger partial charge in [-0.15, -0.1) is 0 Å². The Hall–Kier alpha value is -3.26. The Kier molecular flexibility index (Phi) is 5.23. The number of nitrogen functional groups attached to an aromatic ring is 1. The Labute approximate surface area is 152 Å². The van der Waals surface area contributed by atoms with Gasteiger partial charge in [-0.3, -0.25) is 9.53 Å². The number of amides is 1. The molecule has 3 aromatic rings. The molecule has 3 N–H and O–H groups in total. The molecular weight excluding hydrogens is 352 g/mol. The highest BCUT2D eigenvalue weighted by atomic mass is 32.2. The van der Waals surface area contributed by atoms with E-state index >= 15 is 0 Å². The zero-order chi connectivity index (χ0) is 18.5. The molecule has 0 fully saturated rings. The number of hydrogen-bond acceptors (Lipinski definition) is 6. The van der Waals surface area contributed by atoms with Crippen LogP contribution < -0.4 is 15.8 Å². The largest absolute Gasteiger partial charge is 0.417 e. The van der Waals surface area contributed by atoms with Crippen LogP contribution in [0.5, 0.6) is 5.75 Å². The van der Waals surface area contributed by atoms with Crippen molar-refractivity contribution in [1.29, 1.82) is 0 Å². The van der Waals surface area contributed by atoms with E-state index in [2.05, 4.69) is 15.3 Å². The van der Waals surface area contributed by atoms with Crippen LogP contribution >= 0.6 is 0 Å². The van der Waals surface area contributed by atoms with Crippen molar-refractivity contribution in [1.82, 2.24) is 9.97 Å². The molecule has 8 heteroatoms. The minimum atomic E-state index is -1.24. The Morgan fingerprint density at radius 3 is 2.42 bits per heavy atom. The fraction of sp³-hybridized carbons (Fsp3) is 0.0556. The summed E-state index contributed by atoms with van der Waals surface area (Å²) in [5.41, 5.74) is 7.09. The Morgan fingerprint density at radius 2 is 1.81 bits per heavy atom. The molecule has 1 unspecified atom stereocenters. The quantitative estimate of drug-likeness (QED) is 0.733. The predicted octanol–water partition coefficient (Wildman–Crippen LogP) is 3.07. The molecule has 0 aliphatic carbocycles. The fourth-order valence-corrected chi connectivity index (χ4v) is 2.73. The SMILES string of the molecule is CS(=O)c1cnc(-c2ccc(NC(=O)Oc3ccccc3)cc2)nc1N. The number of nitrogens with two attached hydrogens (primary N) is 1. The van der Waals surface area contributed by atoms with E-state index < -0.39 is 16.9 Å². The molecule has 1 heterocycles. The van der Waals surface area contributed by atoms with E-state index in [0.29, 0.717) is 27.7 Å². The highest BCUT2D eigenvalue weighted by Crippen LogP contribution is 2.21. The summed E-state index contributed by atoms with van der Waals surface area (Å²) >= 11 is 0. The third kappa shape index (κ3) is 4.22. The molecular formula is C18H16N4O3S. The third-order valence-corrected chi connectivity index (χ3v) is 4.37. The van der Waals surface area contributed by atoms with Gasteiger partial charge in [0.05, 0.1) is 15.7 Å². The molecule has 26 heavy (non-hydrogen) atoms. The first kappa shape index (κ1) is 17.6. The number of nitrogens with zero attached hydrogens (tertiary/aromatic N) is 2. The molecule has 2 aromatic carbocycles. The Balaban J connectivity index is 1.69. The summed E-state index contributed by atoms with van der Waals surface area (Å²) in [6, 6.07) is 15.7. The standard InChI is InChI=1S/C18H16N4O3S/c1-26(24)15-11-20-17(22-16(15)19)12-7-9-13(10-8-12)21-18(23)25-14-5-3-2-4-6-14/h2-11H,1H3,(H,21,23)(H2,19,20,22). The monoisotopic (exact) mass is 368 g/mol. The topological polar surface area (TPSA) is 107 Å². The van der Waals surface area contributed by atoms with E-state index in [1.807, 2.05) is 6.07 Å². The lowest BCUT2D eigenvalue weighted by molar-refractivity contribution is 0.215. The molecule has 1 atom stereocenters. The zero-order valence-corrected chi connectivity index (χ0v) is 14.7. The van der Waals surface area contributed by atoms with Crippen molar-refractivity contribution >= 4 is 28.4 Å². The average Bonchev–Trinajstić information content (AvgIpc) is 2.62. The first-order chi connectivity index (χ1) is 12.5. The van der Waals surface area contributed by atoms with Gasteiger partial charge in [-0.05, 0) is 36.4 Å². The van der Waals surface area contributed by atoms with Gasteiger partial charge >= 0.3 is 6.09 Å². The van der Waals surface area contributed by atoms with Gasteiger partial charge in [-0.2, -0.15) is 0 Å². The van der Waals surface area contributed by atoms with Crippen molar-refractivity contribution in [2.45, 2.75) is 4.90 Å². The second kappa shape index (κ2) is 7.75. The lowest BCUT2D eigenvalue weighted by atomic mass is 10.2. The number of carbonyl (C=O) groups excluding carboxylic acids is 1. The van der Waals surface area contributed by atoms with Crippen LogP contribution in [-0.2, 0) is 10.8 Å². The smallest absolute Gasteiger partial charge is 0.410 e. The number of anilines is 2. The van der Waals surface area contributed by atoms with E-state index in [4.69, 9.17) is 10.5 Å². The molecule has 0 bridgehead atoms. The number of hydrogen-bond donors (Lipinski definition) is 2. The zero-order valence-electron chi connectivity index (χ0n) is 13.9. The summed E-state index contributed by atoms with van der Waals surface area (Å²) in [6.07, 6.45) is 2.39. The van der Waals surface area contributed by atoms with Crippen LogP contribution in [0.2, 0.25) is 0 Å². The molecule has 0 saturated heterocycles. The Bertz CT molecular complexity index is 946. The normalized spacial score (nSPS) is 11.6. The molecule has 0 aliphatic rings. The van der Waals surface area contributed by atoms with Gasteiger partial charge in [0.1, 0.15) is 11.6 Å². The molecule has 0 spiro atoms. The number of aromatic nitrogens is 2. The molecule has 3 rings (SSSR count). The number of para-hydroxylation sites is 1. The first-order valence-electron chi connectivity index (χ1n) is 7.63. The second-order valence-corrected chi connectivity index (χ2v) is 6.65. The van der Waals surface area contributed by atoms with E-state index in [-0.39, 0.29) is 5.82 Å². The van der Waals surface area contributed by atoms with Gasteiger partial charge in [0.25, 0.3) is 0 Å². The molecule has 1 amide bonds. The van der Waals surface area contributed by atoms with Crippen molar-refractivity contribution < 1.29 is 13.7 Å². The van der Waals surface area contributed by atoms with Crippen molar-refractivity contribution in [3.8, 4) is 17.1 Å². The summed E-state index contributed by atoms with van der Waals surface area (Å²) in [7, 11) is -1.24. The maximum atomic E-state index is 11.9. The van der Waals surface area contributed by atoms with Gasteiger partial charge in [0, 0.05) is 23.7 Å². The second-order valence-electron chi connectivity index (χ2n) is 5.30.